The number of guanidine groups is 1. The molecule has 42 heavy (non-hydrogen) atoms. The van der Waals surface area contributed by atoms with Crippen LogP contribution in [0.1, 0.15) is 78.5 Å². The van der Waals surface area contributed by atoms with Crippen LogP contribution in [0.4, 0.5) is 0 Å². The lowest BCUT2D eigenvalue weighted by Crippen LogP contribution is -2.43. The molecule has 0 bridgehead atoms. The molecular weight excluding hydrogens is 574 g/mol. The molecule has 12 heteroatoms. The van der Waals surface area contributed by atoms with Crippen molar-refractivity contribution in [2.24, 2.45) is 0 Å². The topological polar surface area (TPSA) is 150 Å². The molecule has 1 atom stereocenters. The van der Waals surface area contributed by atoms with E-state index in [-0.39, 0.29) is 29.1 Å². The third-order valence-electron chi connectivity index (χ3n) is 7.40. The second kappa shape index (κ2) is 12.4. The van der Waals surface area contributed by atoms with Crippen molar-refractivity contribution in [2.75, 3.05) is 6.54 Å². The van der Waals surface area contributed by atoms with Crippen molar-refractivity contribution >= 4 is 49.2 Å². The Morgan fingerprint density at radius 2 is 1.86 bits per heavy atom. The maximum atomic E-state index is 13.4. The van der Waals surface area contributed by atoms with E-state index in [4.69, 9.17) is 10.1 Å². The minimum Gasteiger partial charge on any atom is -0.487 e. The van der Waals surface area contributed by atoms with E-state index in [9.17, 15) is 18.0 Å². The Morgan fingerprint density at radius 3 is 2.55 bits per heavy atom. The molecule has 4 N–H and O–H groups in total. The number of rotatable bonds is 11. The van der Waals surface area contributed by atoms with Gasteiger partial charge in [0, 0.05) is 24.9 Å². The summed E-state index contributed by atoms with van der Waals surface area (Å²) < 4.78 is 36.2. The number of amides is 1. The number of hydrogen-bond acceptors (Lipinski definition) is 8. The number of para-hydroxylation sites is 1. The van der Waals surface area contributed by atoms with Gasteiger partial charge in [0.25, 0.3) is 10.0 Å². The van der Waals surface area contributed by atoms with E-state index < -0.39 is 21.7 Å². The molecule has 1 amide bonds. The summed E-state index contributed by atoms with van der Waals surface area (Å²) >= 11 is 1.29. The highest BCUT2D eigenvalue weighted by molar-refractivity contribution is 7.90. The molecule has 2 aromatic carbocycles. The first-order valence-corrected chi connectivity index (χ1v) is 16.4. The fourth-order valence-corrected chi connectivity index (χ4v) is 7.76. The Kier molecular flexibility index (Phi) is 9.27. The monoisotopic (exact) mass is 613 g/mol. The van der Waals surface area contributed by atoms with Gasteiger partial charge in [0.1, 0.15) is 11.4 Å². The summed E-state index contributed by atoms with van der Waals surface area (Å²) in [6.07, 6.45) is 2.26. The molecule has 0 spiro atoms. The third kappa shape index (κ3) is 6.75. The zero-order valence-corrected chi connectivity index (χ0v) is 26.6. The number of ketones is 1. The highest BCUT2D eigenvalue weighted by atomic mass is 32.2. The number of carbonyl (C=O) groups excluding carboxylic acids is 2. The molecule has 1 aromatic heterocycles. The molecule has 1 aliphatic rings. The summed E-state index contributed by atoms with van der Waals surface area (Å²) in [5, 5.41) is 14.2. The van der Waals surface area contributed by atoms with Gasteiger partial charge in [0.05, 0.1) is 21.2 Å². The standard InChI is InChI=1S/C30H39N5O5S2/c1-7-11-24(36)33-22(25(37)28-34-21-12-8-9-14-23(21)41-28)13-10-15-32-29(31)35-42(38,39)27-18(3)17(2)26-20(19(27)4)16-30(5,6)40-26/h8-9,12,14,22H,7,10-11,13,15-16H2,1-6H3,(H,33,36)(H3,31,32,35)/t22-/m0/s1. The zero-order valence-electron chi connectivity index (χ0n) is 24.9. The molecular formula is C30H39N5O5S2. The summed E-state index contributed by atoms with van der Waals surface area (Å²) in [6.45, 7) is 11.4. The third-order valence-corrected chi connectivity index (χ3v) is 10.1. The zero-order chi connectivity index (χ0) is 30.8. The predicted octanol–water partition coefficient (Wildman–Crippen LogP) is 4.69. The molecule has 0 unspecified atom stereocenters. The number of fused-ring (bicyclic) bond motifs is 2. The fourth-order valence-electron chi connectivity index (χ4n) is 5.28. The van der Waals surface area contributed by atoms with Crippen LogP contribution >= 0.6 is 11.3 Å². The van der Waals surface area contributed by atoms with E-state index in [1.54, 1.807) is 13.8 Å². The molecule has 4 rings (SSSR count). The molecule has 0 aliphatic carbocycles. The Hall–Kier alpha value is -3.51. The lowest BCUT2D eigenvalue weighted by atomic mass is 9.94. The van der Waals surface area contributed by atoms with E-state index in [1.165, 1.54) is 11.3 Å². The molecule has 226 valence electrons. The van der Waals surface area contributed by atoms with Crippen LogP contribution in [0.15, 0.2) is 29.2 Å². The van der Waals surface area contributed by atoms with Crippen LogP contribution in [0.5, 0.6) is 5.75 Å². The van der Waals surface area contributed by atoms with Crippen molar-refractivity contribution in [3.63, 3.8) is 0 Å². The van der Waals surface area contributed by atoms with Crippen molar-refractivity contribution in [1.82, 2.24) is 20.3 Å². The van der Waals surface area contributed by atoms with Gasteiger partial charge < -0.3 is 15.4 Å². The van der Waals surface area contributed by atoms with Crippen LogP contribution in [-0.4, -0.2) is 49.2 Å². The maximum absolute atomic E-state index is 13.4. The van der Waals surface area contributed by atoms with Gasteiger partial charge in [-0.05, 0) is 82.7 Å². The van der Waals surface area contributed by atoms with Crippen LogP contribution < -0.4 is 20.1 Å². The average Bonchev–Trinajstić information content (AvgIpc) is 3.49. The predicted molar refractivity (Wildman–Crippen MR) is 165 cm³/mol. The molecule has 3 aromatic rings. The average molecular weight is 614 g/mol. The van der Waals surface area contributed by atoms with Gasteiger partial charge in [0.15, 0.2) is 5.01 Å². The SMILES string of the molecule is CCCC(=O)N[C@@H](CCCNC(=N)NS(=O)(=O)c1c(C)c(C)c2c(c1C)CC(C)(C)O2)C(=O)c1nc2ccccc2s1. The van der Waals surface area contributed by atoms with E-state index in [0.717, 1.165) is 27.1 Å². The van der Waals surface area contributed by atoms with Crippen LogP contribution in [0, 0.1) is 26.2 Å². The summed E-state index contributed by atoms with van der Waals surface area (Å²) in [7, 11) is -4.05. The summed E-state index contributed by atoms with van der Waals surface area (Å²) in [5.41, 5.74) is 3.16. The lowest BCUT2D eigenvalue weighted by molar-refractivity contribution is -0.121. The number of nitrogens with zero attached hydrogens (tertiary/aromatic N) is 1. The number of aromatic nitrogens is 1. The first-order valence-electron chi connectivity index (χ1n) is 14.1. The lowest BCUT2D eigenvalue weighted by Gasteiger charge is -2.20. The van der Waals surface area contributed by atoms with Crippen LogP contribution in [0.3, 0.4) is 0 Å². The number of sulfonamides is 1. The molecule has 2 heterocycles. The Balaban J connectivity index is 1.40. The summed E-state index contributed by atoms with van der Waals surface area (Å²) in [4.78, 5) is 30.3. The van der Waals surface area contributed by atoms with Gasteiger partial charge in [-0.2, -0.15) is 0 Å². The minimum atomic E-state index is -4.05. The van der Waals surface area contributed by atoms with Gasteiger partial charge in [-0.1, -0.05) is 19.1 Å². The molecule has 1 aliphatic heterocycles. The van der Waals surface area contributed by atoms with Gasteiger partial charge in [-0.25, -0.2) is 18.1 Å². The van der Waals surface area contributed by atoms with Crippen molar-refractivity contribution in [2.45, 2.75) is 90.2 Å². The van der Waals surface area contributed by atoms with Crippen LogP contribution in [-0.2, 0) is 21.2 Å². The Bertz CT molecular complexity index is 1610. The number of ether oxygens (including phenoxy) is 1. The number of thiazole rings is 1. The molecule has 0 saturated carbocycles. The molecule has 0 saturated heterocycles. The van der Waals surface area contributed by atoms with E-state index in [2.05, 4.69) is 20.3 Å². The number of hydrogen-bond donors (Lipinski definition) is 4. The van der Waals surface area contributed by atoms with Crippen molar-refractivity contribution in [1.29, 1.82) is 5.41 Å². The molecule has 10 nitrogen and oxygen atoms in total. The smallest absolute Gasteiger partial charge is 0.264 e. The number of benzene rings is 2. The second-order valence-electron chi connectivity index (χ2n) is 11.3. The molecule has 0 radical (unpaired) electrons. The van der Waals surface area contributed by atoms with Crippen molar-refractivity contribution < 1.29 is 22.7 Å². The van der Waals surface area contributed by atoms with Gasteiger partial charge in [-0.15, -0.1) is 11.3 Å². The first kappa shape index (κ1) is 31.4. The highest BCUT2D eigenvalue weighted by Gasteiger charge is 2.36. The van der Waals surface area contributed by atoms with Gasteiger partial charge in [0.2, 0.25) is 17.6 Å². The van der Waals surface area contributed by atoms with E-state index >= 15 is 0 Å². The first-order chi connectivity index (χ1) is 19.7. The van der Waals surface area contributed by atoms with E-state index in [0.29, 0.717) is 48.2 Å². The number of Topliss-reactive ketones (excluding diaryl/α,β-unsaturated/α-hetero) is 1. The number of nitrogens with one attached hydrogen (secondary N) is 4. The van der Waals surface area contributed by atoms with E-state index in [1.807, 2.05) is 52.0 Å². The van der Waals surface area contributed by atoms with Crippen LogP contribution in [0.2, 0.25) is 0 Å². The Morgan fingerprint density at radius 1 is 1.14 bits per heavy atom. The van der Waals surface area contributed by atoms with Crippen molar-refractivity contribution in [3.05, 3.63) is 51.5 Å². The minimum absolute atomic E-state index is 0.159. The molecule has 0 fully saturated rings. The largest absolute Gasteiger partial charge is 0.487 e. The normalized spacial score (nSPS) is 14.6. The quantitative estimate of drug-likeness (QED) is 0.106. The van der Waals surface area contributed by atoms with Gasteiger partial charge in [-0.3, -0.25) is 15.0 Å². The summed E-state index contributed by atoms with van der Waals surface area (Å²) in [6, 6.07) is 6.70. The van der Waals surface area contributed by atoms with Crippen molar-refractivity contribution in [3.8, 4) is 5.75 Å². The summed E-state index contributed by atoms with van der Waals surface area (Å²) in [5.74, 6) is -0.105. The Labute approximate surface area is 251 Å². The fraction of sp³-hybridized carbons (Fsp3) is 0.467. The number of carbonyl (C=O) groups is 2. The van der Waals surface area contributed by atoms with Gasteiger partial charge >= 0.3 is 0 Å². The van der Waals surface area contributed by atoms with Crippen LogP contribution in [0.25, 0.3) is 10.2 Å². The second-order valence-corrected chi connectivity index (χ2v) is 14.0. The highest BCUT2D eigenvalue weighted by Crippen LogP contribution is 2.43. The maximum Gasteiger partial charge on any atom is 0.264 e.